The van der Waals surface area contributed by atoms with Gasteiger partial charge < -0.3 is 4.74 Å². The van der Waals surface area contributed by atoms with Crippen molar-refractivity contribution in [1.82, 2.24) is 0 Å². The van der Waals surface area contributed by atoms with Crippen LogP contribution in [0.15, 0.2) is 27.1 Å². The van der Waals surface area contributed by atoms with Crippen molar-refractivity contribution in [3.05, 3.63) is 39.6 Å². The second-order valence-corrected chi connectivity index (χ2v) is 3.91. The fraction of sp³-hybridized carbons (Fsp3) is 0.222. The lowest BCUT2D eigenvalue weighted by Crippen LogP contribution is -1.93. The molecule has 0 amide bonds. The molecule has 65 valence electrons. The normalized spacial score (nSPS) is 10.2. The van der Waals surface area contributed by atoms with Crippen LogP contribution in [0.5, 0.6) is 0 Å². The molecule has 0 aliphatic heterocycles. The van der Waals surface area contributed by atoms with Crippen LogP contribution in [-0.4, -0.2) is 6.61 Å². The van der Waals surface area contributed by atoms with Crippen molar-refractivity contribution in [2.24, 2.45) is 0 Å². The molecule has 0 aliphatic carbocycles. The maximum absolute atomic E-state index is 5.19. The third kappa shape index (κ3) is 2.57. The van der Waals surface area contributed by atoms with Gasteiger partial charge in [0.2, 0.25) is 0 Å². The molecule has 0 spiro atoms. The number of ether oxygens (including phenoxy) is 1. The van der Waals surface area contributed by atoms with E-state index in [9.17, 15) is 0 Å². The molecule has 1 rings (SSSR count). The maximum atomic E-state index is 5.19. The Bertz CT molecular complexity index is 261. The van der Waals surface area contributed by atoms with Crippen molar-refractivity contribution < 1.29 is 4.74 Å². The molecule has 0 saturated carbocycles. The number of hydrogen-bond donors (Lipinski definition) is 0. The van der Waals surface area contributed by atoms with E-state index in [-0.39, 0.29) is 0 Å². The summed E-state index contributed by atoms with van der Waals surface area (Å²) in [4.78, 5) is 0. The van der Waals surface area contributed by atoms with Gasteiger partial charge in [0.25, 0.3) is 0 Å². The largest absolute Gasteiger partial charge is 0.377 e. The van der Waals surface area contributed by atoms with E-state index in [1.54, 1.807) is 0 Å². The van der Waals surface area contributed by atoms with Crippen molar-refractivity contribution in [3.8, 4) is 0 Å². The van der Waals surface area contributed by atoms with E-state index in [1.807, 2.05) is 18.2 Å². The fourth-order valence-corrected chi connectivity index (χ4v) is 1.63. The minimum absolute atomic E-state index is 0.499. The number of rotatable bonds is 3. The molecule has 0 heterocycles. The summed E-state index contributed by atoms with van der Waals surface area (Å²) in [5.74, 6) is 0. The van der Waals surface area contributed by atoms with Gasteiger partial charge in [0.05, 0.1) is 6.61 Å². The van der Waals surface area contributed by atoms with Crippen molar-refractivity contribution in [2.75, 3.05) is 6.61 Å². The molecule has 0 saturated heterocycles. The molecule has 0 atom stereocenters. The lowest BCUT2D eigenvalue weighted by molar-refractivity contribution is 0.147. The molecule has 0 N–H and O–H groups in total. The summed E-state index contributed by atoms with van der Waals surface area (Å²) in [5.41, 5.74) is 1.13. The summed E-state index contributed by atoms with van der Waals surface area (Å²) in [5, 5.41) is 0. The van der Waals surface area contributed by atoms with Gasteiger partial charge in [-0.15, -0.1) is 0 Å². The topological polar surface area (TPSA) is 9.23 Å². The van der Waals surface area contributed by atoms with E-state index in [2.05, 4.69) is 38.8 Å². The molecule has 1 nitrogen and oxygen atoms in total. The van der Waals surface area contributed by atoms with Crippen LogP contribution in [0, 0.1) is 6.92 Å². The zero-order valence-electron chi connectivity index (χ0n) is 6.52. The quantitative estimate of drug-likeness (QED) is 0.828. The van der Waals surface area contributed by atoms with Gasteiger partial charge in [-0.1, -0.05) is 12.1 Å². The molecule has 0 aliphatic rings. The molecular weight excluding hydrogens is 284 g/mol. The first-order valence-electron chi connectivity index (χ1n) is 3.55. The molecule has 1 radical (unpaired) electrons. The van der Waals surface area contributed by atoms with Gasteiger partial charge in [-0.05, 0) is 50.4 Å². The van der Waals surface area contributed by atoms with Crippen LogP contribution in [0.3, 0.4) is 0 Å². The second-order valence-electron chi connectivity index (χ2n) is 2.27. The van der Waals surface area contributed by atoms with Crippen molar-refractivity contribution in [3.63, 3.8) is 0 Å². The van der Waals surface area contributed by atoms with Crippen LogP contribution in [0.4, 0.5) is 0 Å². The summed E-state index contributed by atoms with van der Waals surface area (Å²) in [6, 6.07) is 5.99. The minimum atomic E-state index is 0.499. The van der Waals surface area contributed by atoms with Gasteiger partial charge in [0.15, 0.2) is 0 Å². The van der Waals surface area contributed by atoms with Crippen LogP contribution < -0.4 is 0 Å². The third-order valence-electron chi connectivity index (χ3n) is 1.43. The third-order valence-corrected chi connectivity index (χ3v) is 3.56. The van der Waals surface area contributed by atoms with Crippen LogP contribution in [0.25, 0.3) is 0 Å². The lowest BCUT2D eigenvalue weighted by Gasteiger charge is -2.05. The Morgan fingerprint density at radius 1 is 1.33 bits per heavy atom. The zero-order valence-corrected chi connectivity index (χ0v) is 9.69. The van der Waals surface area contributed by atoms with Gasteiger partial charge in [0.1, 0.15) is 0 Å². The van der Waals surface area contributed by atoms with Crippen LogP contribution >= 0.6 is 31.9 Å². The highest BCUT2D eigenvalue weighted by molar-refractivity contribution is 9.13. The van der Waals surface area contributed by atoms with Gasteiger partial charge in [-0.3, -0.25) is 0 Å². The lowest BCUT2D eigenvalue weighted by atomic mass is 10.2. The molecule has 0 bridgehead atoms. The van der Waals surface area contributed by atoms with Crippen LogP contribution in [-0.2, 0) is 11.3 Å². The smallest absolute Gasteiger partial charge is 0.0728 e. The van der Waals surface area contributed by atoms with Gasteiger partial charge in [-0.25, -0.2) is 0 Å². The first-order valence-corrected chi connectivity index (χ1v) is 5.14. The molecule has 1 aromatic carbocycles. The monoisotopic (exact) mass is 291 g/mol. The average molecular weight is 293 g/mol. The number of hydrogen-bond acceptors (Lipinski definition) is 1. The summed E-state index contributed by atoms with van der Waals surface area (Å²) in [6.07, 6.45) is 0. The van der Waals surface area contributed by atoms with E-state index >= 15 is 0 Å². The predicted octanol–water partition coefficient (Wildman–Crippen LogP) is 3.56. The highest BCUT2D eigenvalue weighted by Crippen LogP contribution is 2.26. The van der Waals surface area contributed by atoms with Crippen LogP contribution in [0.1, 0.15) is 5.56 Å². The zero-order chi connectivity index (χ0) is 8.97. The molecular formula is C9H9Br2O. The highest BCUT2D eigenvalue weighted by Gasteiger charge is 2.01. The van der Waals surface area contributed by atoms with Crippen molar-refractivity contribution in [1.29, 1.82) is 0 Å². The standard InChI is InChI=1S/C9H9Br2O/c1-2-12-6-7-4-3-5-8(10)9(7)11/h3-5H,1-2,6H2. The Labute approximate surface area is 89.4 Å². The van der Waals surface area contributed by atoms with E-state index in [4.69, 9.17) is 4.74 Å². The first kappa shape index (κ1) is 10.2. The van der Waals surface area contributed by atoms with Gasteiger partial charge in [0, 0.05) is 15.6 Å². The molecule has 1 aromatic rings. The Morgan fingerprint density at radius 3 is 2.75 bits per heavy atom. The SMILES string of the molecule is [CH2]COCc1cccc(Br)c1Br. The van der Waals surface area contributed by atoms with E-state index in [0.717, 1.165) is 14.5 Å². The first-order chi connectivity index (χ1) is 5.75. The van der Waals surface area contributed by atoms with Crippen LogP contribution in [0.2, 0.25) is 0 Å². The highest BCUT2D eigenvalue weighted by atomic mass is 79.9. The van der Waals surface area contributed by atoms with Gasteiger partial charge in [-0.2, -0.15) is 0 Å². The Hall–Kier alpha value is 0.140. The van der Waals surface area contributed by atoms with Crippen molar-refractivity contribution in [2.45, 2.75) is 6.61 Å². The second kappa shape index (κ2) is 5.00. The average Bonchev–Trinajstić information content (AvgIpc) is 2.08. The van der Waals surface area contributed by atoms with Gasteiger partial charge >= 0.3 is 0 Å². The molecule has 12 heavy (non-hydrogen) atoms. The molecule has 0 fully saturated rings. The van der Waals surface area contributed by atoms with E-state index in [0.29, 0.717) is 13.2 Å². The predicted molar refractivity (Wildman–Crippen MR) is 56.9 cm³/mol. The number of halogens is 2. The maximum Gasteiger partial charge on any atom is 0.0728 e. The molecule has 0 aromatic heterocycles. The molecule has 3 heteroatoms. The Morgan fingerprint density at radius 2 is 2.08 bits per heavy atom. The van der Waals surface area contributed by atoms with Crippen molar-refractivity contribution >= 4 is 31.9 Å². The summed E-state index contributed by atoms with van der Waals surface area (Å²) in [7, 11) is 0. The summed E-state index contributed by atoms with van der Waals surface area (Å²) < 4.78 is 7.30. The van der Waals surface area contributed by atoms with E-state index < -0.39 is 0 Å². The molecule has 0 unspecified atom stereocenters. The Balaban J connectivity index is 2.78. The minimum Gasteiger partial charge on any atom is -0.377 e. The van der Waals surface area contributed by atoms with E-state index in [1.165, 1.54) is 0 Å². The summed E-state index contributed by atoms with van der Waals surface area (Å²) in [6.45, 7) is 4.70. The Kier molecular flexibility index (Phi) is 4.26. The number of benzene rings is 1. The fourth-order valence-electron chi connectivity index (χ4n) is 0.842. The summed E-state index contributed by atoms with van der Waals surface area (Å²) >= 11 is 6.88.